The van der Waals surface area contributed by atoms with E-state index < -0.39 is 10.2 Å². The van der Waals surface area contributed by atoms with Gasteiger partial charge in [-0.3, -0.25) is 0 Å². The van der Waals surface area contributed by atoms with E-state index in [0.29, 0.717) is 50.5 Å². The summed E-state index contributed by atoms with van der Waals surface area (Å²) >= 11 is 0. The Morgan fingerprint density at radius 3 is 2.37 bits per heavy atom. The van der Waals surface area contributed by atoms with Gasteiger partial charge in [-0.25, -0.2) is 0 Å². The first-order valence-electron chi connectivity index (χ1n) is 7.40. The zero-order valence-electron chi connectivity index (χ0n) is 12.1. The van der Waals surface area contributed by atoms with E-state index in [4.69, 9.17) is 5.73 Å². The molecule has 2 aliphatic rings. The maximum Gasteiger partial charge on any atom is 0.281 e. The van der Waals surface area contributed by atoms with Gasteiger partial charge in [-0.05, 0) is 43.6 Å². The average Bonchev–Trinajstić information content (AvgIpc) is 2.41. The number of piperidine rings is 2. The molecule has 0 radical (unpaired) electrons. The minimum absolute atomic E-state index is 0.324. The highest BCUT2D eigenvalue weighted by Gasteiger charge is 2.36. The Hall–Kier alpha value is -0.170. The highest BCUT2D eigenvalue weighted by molar-refractivity contribution is 7.86. The van der Waals surface area contributed by atoms with Gasteiger partial charge in [-0.1, -0.05) is 13.8 Å². The number of rotatable bonds is 3. The summed E-state index contributed by atoms with van der Waals surface area (Å²) in [6.07, 6.45) is 2.95. The maximum absolute atomic E-state index is 12.7. The highest BCUT2D eigenvalue weighted by atomic mass is 32.2. The number of hydrogen-bond acceptors (Lipinski definition) is 3. The van der Waals surface area contributed by atoms with Crippen LogP contribution in [0.5, 0.6) is 0 Å². The topological polar surface area (TPSA) is 66.6 Å². The van der Waals surface area contributed by atoms with Crippen LogP contribution in [0.4, 0.5) is 0 Å². The van der Waals surface area contributed by atoms with Crippen molar-refractivity contribution in [1.82, 2.24) is 8.61 Å². The van der Waals surface area contributed by atoms with Crippen LogP contribution in [0.25, 0.3) is 0 Å². The molecule has 0 aromatic carbocycles. The zero-order valence-corrected chi connectivity index (χ0v) is 12.9. The van der Waals surface area contributed by atoms with Crippen molar-refractivity contribution in [3.8, 4) is 0 Å². The van der Waals surface area contributed by atoms with Crippen LogP contribution in [0.1, 0.15) is 33.1 Å². The van der Waals surface area contributed by atoms with Crippen LogP contribution in [0.15, 0.2) is 0 Å². The van der Waals surface area contributed by atoms with Crippen LogP contribution in [0.3, 0.4) is 0 Å². The van der Waals surface area contributed by atoms with E-state index in [0.717, 1.165) is 19.3 Å². The van der Waals surface area contributed by atoms with Crippen molar-refractivity contribution in [1.29, 1.82) is 0 Å². The molecule has 0 aromatic heterocycles. The van der Waals surface area contributed by atoms with Crippen LogP contribution in [-0.4, -0.2) is 49.8 Å². The molecule has 5 nitrogen and oxygen atoms in total. The Labute approximate surface area is 117 Å². The molecule has 0 amide bonds. The first-order chi connectivity index (χ1) is 8.95. The molecule has 2 fully saturated rings. The summed E-state index contributed by atoms with van der Waals surface area (Å²) < 4.78 is 28.7. The molecule has 3 unspecified atom stereocenters. The monoisotopic (exact) mass is 289 g/mol. The van der Waals surface area contributed by atoms with Crippen LogP contribution in [-0.2, 0) is 10.2 Å². The SMILES string of the molecule is CC1CCN(S(=O)(=O)N2CCCC(CN)C2)CC1C. The van der Waals surface area contributed by atoms with E-state index in [2.05, 4.69) is 13.8 Å². The van der Waals surface area contributed by atoms with E-state index >= 15 is 0 Å². The summed E-state index contributed by atoms with van der Waals surface area (Å²) in [6, 6.07) is 0. The fraction of sp³-hybridized carbons (Fsp3) is 1.00. The lowest BCUT2D eigenvalue weighted by atomic mass is 9.90. The van der Waals surface area contributed by atoms with E-state index in [9.17, 15) is 8.42 Å². The van der Waals surface area contributed by atoms with Gasteiger partial charge in [0.15, 0.2) is 0 Å². The second kappa shape index (κ2) is 6.08. The van der Waals surface area contributed by atoms with Crippen molar-refractivity contribution < 1.29 is 8.42 Å². The van der Waals surface area contributed by atoms with Crippen LogP contribution >= 0.6 is 0 Å². The van der Waals surface area contributed by atoms with Gasteiger partial charge in [-0.15, -0.1) is 0 Å². The van der Waals surface area contributed by atoms with Crippen molar-refractivity contribution in [2.75, 3.05) is 32.7 Å². The van der Waals surface area contributed by atoms with Gasteiger partial charge in [0.05, 0.1) is 0 Å². The lowest BCUT2D eigenvalue weighted by molar-refractivity contribution is 0.189. The molecule has 0 saturated carbocycles. The maximum atomic E-state index is 12.7. The molecule has 0 spiro atoms. The Morgan fingerprint density at radius 1 is 1.05 bits per heavy atom. The Kier molecular flexibility index (Phi) is 4.87. The molecule has 2 N–H and O–H groups in total. The quantitative estimate of drug-likeness (QED) is 0.838. The first-order valence-corrected chi connectivity index (χ1v) is 8.80. The van der Waals surface area contributed by atoms with E-state index in [1.165, 1.54) is 0 Å². The minimum atomic E-state index is -3.27. The zero-order chi connectivity index (χ0) is 14.0. The van der Waals surface area contributed by atoms with Crippen molar-refractivity contribution >= 4 is 10.2 Å². The van der Waals surface area contributed by atoms with Gasteiger partial charge in [-0.2, -0.15) is 17.0 Å². The standard InChI is InChI=1S/C13H27N3O2S/c1-11-5-7-16(9-12(11)2)19(17,18)15-6-3-4-13(8-14)10-15/h11-13H,3-10,14H2,1-2H3. The second-order valence-electron chi connectivity index (χ2n) is 6.21. The first kappa shape index (κ1) is 15.2. The highest BCUT2D eigenvalue weighted by Crippen LogP contribution is 2.27. The molecular weight excluding hydrogens is 262 g/mol. The molecule has 112 valence electrons. The minimum Gasteiger partial charge on any atom is -0.330 e. The second-order valence-corrected chi connectivity index (χ2v) is 8.14. The molecule has 0 bridgehead atoms. The van der Waals surface area contributed by atoms with Gasteiger partial charge in [0.1, 0.15) is 0 Å². The molecular formula is C13H27N3O2S. The molecule has 3 atom stereocenters. The van der Waals surface area contributed by atoms with Crippen molar-refractivity contribution in [3.05, 3.63) is 0 Å². The predicted molar refractivity (Wildman–Crippen MR) is 76.8 cm³/mol. The number of nitrogens with zero attached hydrogens (tertiary/aromatic N) is 2. The molecule has 2 aliphatic heterocycles. The van der Waals surface area contributed by atoms with Gasteiger partial charge >= 0.3 is 0 Å². The molecule has 0 aromatic rings. The largest absolute Gasteiger partial charge is 0.330 e. The lowest BCUT2D eigenvalue weighted by Crippen LogP contribution is -2.52. The van der Waals surface area contributed by atoms with Gasteiger partial charge in [0.25, 0.3) is 10.2 Å². The smallest absolute Gasteiger partial charge is 0.281 e. The normalized spacial score (nSPS) is 35.4. The summed E-state index contributed by atoms with van der Waals surface area (Å²) in [6.45, 7) is 7.51. The van der Waals surface area contributed by atoms with E-state index in [-0.39, 0.29) is 0 Å². The van der Waals surface area contributed by atoms with Crippen LogP contribution in [0, 0.1) is 17.8 Å². The van der Waals surface area contributed by atoms with Crippen LogP contribution in [0.2, 0.25) is 0 Å². The molecule has 2 heterocycles. The summed E-state index contributed by atoms with van der Waals surface area (Å²) in [7, 11) is -3.27. The molecule has 2 rings (SSSR count). The number of nitrogens with two attached hydrogens (primary N) is 1. The number of hydrogen-bond donors (Lipinski definition) is 1. The third-order valence-electron chi connectivity index (χ3n) is 4.76. The van der Waals surface area contributed by atoms with Crippen molar-refractivity contribution in [2.24, 2.45) is 23.5 Å². The third-order valence-corrected chi connectivity index (χ3v) is 6.73. The fourth-order valence-electron chi connectivity index (χ4n) is 3.03. The van der Waals surface area contributed by atoms with Crippen LogP contribution < -0.4 is 5.73 Å². The molecule has 0 aliphatic carbocycles. The van der Waals surface area contributed by atoms with E-state index in [1.807, 2.05) is 0 Å². The van der Waals surface area contributed by atoms with Crippen molar-refractivity contribution in [3.63, 3.8) is 0 Å². The summed E-state index contributed by atoms with van der Waals surface area (Å²) in [5.74, 6) is 1.38. The predicted octanol–water partition coefficient (Wildman–Crippen LogP) is 0.880. The molecule has 6 heteroatoms. The van der Waals surface area contributed by atoms with Crippen molar-refractivity contribution in [2.45, 2.75) is 33.1 Å². The molecule has 19 heavy (non-hydrogen) atoms. The summed E-state index contributed by atoms with van der Waals surface area (Å²) in [4.78, 5) is 0. The fourth-order valence-corrected chi connectivity index (χ4v) is 4.87. The lowest BCUT2D eigenvalue weighted by Gasteiger charge is -2.39. The summed E-state index contributed by atoms with van der Waals surface area (Å²) in [5.41, 5.74) is 5.69. The summed E-state index contributed by atoms with van der Waals surface area (Å²) in [5, 5.41) is 0. The van der Waals surface area contributed by atoms with E-state index in [1.54, 1.807) is 8.61 Å². The third kappa shape index (κ3) is 3.29. The van der Waals surface area contributed by atoms with Gasteiger partial charge < -0.3 is 5.73 Å². The molecule has 2 saturated heterocycles. The Balaban J connectivity index is 2.05. The Bertz CT molecular complexity index is 387. The average molecular weight is 289 g/mol. The van der Waals surface area contributed by atoms with Gasteiger partial charge in [0.2, 0.25) is 0 Å². The van der Waals surface area contributed by atoms with Gasteiger partial charge in [0, 0.05) is 26.2 Å². The Morgan fingerprint density at radius 2 is 1.74 bits per heavy atom.